The zero-order chi connectivity index (χ0) is 14.1. The number of hydrogen-bond donors (Lipinski definition) is 0. The molecular weight excluding hydrogens is 258 g/mol. The first-order chi connectivity index (χ1) is 10.4. The van der Waals surface area contributed by atoms with Crippen molar-refractivity contribution in [1.82, 2.24) is 4.90 Å². The van der Waals surface area contributed by atoms with Crippen LogP contribution in [0.25, 0.3) is 0 Å². The van der Waals surface area contributed by atoms with E-state index in [0.29, 0.717) is 6.04 Å². The highest BCUT2D eigenvalue weighted by Gasteiger charge is 2.35. The van der Waals surface area contributed by atoms with Gasteiger partial charge in [-0.1, -0.05) is 48.5 Å². The fourth-order valence-corrected chi connectivity index (χ4v) is 3.26. The average molecular weight is 277 g/mol. The number of benzene rings is 2. The molecule has 4 rings (SSSR count). The summed E-state index contributed by atoms with van der Waals surface area (Å²) in [5.41, 5.74) is 2.60. The predicted molar refractivity (Wildman–Crippen MR) is 86.2 cm³/mol. The molecule has 1 atom stereocenters. The molecule has 106 valence electrons. The SMILES string of the molecule is c1ccc(C[C@H]2CCC3=NN(c4ccccc4)CN32)cc1. The van der Waals surface area contributed by atoms with Gasteiger partial charge in [0.1, 0.15) is 12.5 Å². The van der Waals surface area contributed by atoms with Gasteiger partial charge in [0.15, 0.2) is 0 Å². The Labute approximate surface area is 125 Å². The maximum Gasteiger partial charge on any atom is 0.127 e. The van der Waals surface area contributed by atoms with Crippen molar-refractivity contribution in [3.05, 3.63) is 66.2 Å². The summed E-state index contributed by atoms with van der Waals surface area (Å²) in [6, 6.07) is 21.8. The minimum absolute atomic E-state index is 0.583. The number of rotatable bonds is 3. The van der Waals surface area contributed by atoms with Crippen LogP contribution in [0.3, 0.4) is 0 Å². The molecule has 0 N–H and O–H groups in total. The predicted octanol–water partition coefficient (Wildman–Crippen LogP) is 3.48. The zero-order valence-electron chi connectivity index (χ0n) is 12.0. The van der Waals surface area contributed by atoms with Gasteiger partial charge in [-0.3, -0.25) is 0 Å². The van der Waals surface area contributed by atoms with Crippen molar-refractivity contribution >= 4 is 11.5 Å². The molecule has 21 heavy (non-hydrogen) atoms. The molecule has 0 aliphatic carbocycles. The Bertz CT molecular complexity index is 636. The molecule has 0 unspecified atom stereocenters. The lowest BCUT2D eigenvalue weighted by Crippen LogP contribution is -2.35. The van der Waals surface area contributed by atoms with Crippen molar-refractivity contribution in [3.8, 4) is 0 Å². The molecule has 1 fully saturated rings. The summed E-state index contributed by atoms with van der Waals surface area (Å²) in [7, 11) is 0. The van der Waals surface area contributed by atoms with E-state index in [1.807, 2.05) is 6.07 Å². The molecule has 0 spiro atoms. The van der Waals surface area contributed by atoms with Gasteiger partial charge >= 0.3 is 0 Å². The minimum Gasteiger partial charge on any atom is -0.336 e. The van der Waals surface area contributed by atoms with Crippen molar-refractivity contribution in [2.45, 2.75) is 25.3 Å². The van der Waals surface area contributed by atoms with Crippen molar-refractivity contribution in [2.75, 3.05) is 11.7 Å². The Hall–Kier alpha value is -2.29. The molecule has 0 saturated carbocycles. The van der Waals surface area contributed by atoms with Crippen molar-refractivity contribution in [2.24, 2.45) is 5.10 Å². The molecule has 0 amide bonds. The highest BCUT2D eigenvalue weighted by Crippen LogP contribution is 2.30. The van der Waals surface area contributed by atoms with Crippen LogP contribution in [0.4, 0.5) is 5.69 Å². The molecule has 3 heteroatoms. The number of hydrogen-bond acceptors (Lipinski definition) is 3. The Morgan fingerprint density at radius 2 is 1.67 bits per heavy atom. The quantitative estimate of drug-likeness (QED) is 0.855. The first-order valence-corrected chi connectivity index (χ1v) is 7.61. The van der Waals surface area contributed by atoms with Crippen molar-refractivity contribution in [3.63, 3.8) is 0 Å². The first-order valence-electron chi connectivity index (χ1n) is 7.61. The van der Waals surface area contributed by atoms with Gasteiger partial charge in [0.05, 0.1) is 5.69 Å². The molecule has 2 aromatic rings. The van der Waals surface area contributed by atoms with E-state index < -0.39 is 0 Å². The van der Waals surface area contributed by atoms with Crippen LogP contribution >= 0.6 is 0 Å². The molecule has 2 heterocycles. The highest BCUT2D eigenvalue weighted by molar-refractivity contribution is 5.87. The lowest BCUT2D eigenvalue weighted by molar-refractivity contribution is 0.350. The van der Waals surface area contributed by atoms with Crippen LogP contribution in [0.2, 0.25) is 0 Å². The van der Waals surface area contributed by atoms with E-state index in [9.17, 15) is 0 Å². The molecule has 0 radical (unpaired) electrons. The molecule has 2 aliphatic heterocycles. The summed E-state index contributed by atoms with van der Waals surface area (Å²) < 4.78 is 0. The standard InChI is InChI=1S/C18H19N3/c1-3-7-15(8-4-1)13-17-11-12-18-19-21(14-20(17)18)16-9-5-2-6-10-16/h1-10,17H,11-14H2/t17-/m1/s1. The van der Waals surface area contributed by atoms with Gasteiger partial charge < -0.3 is 4.90 Å². The summed E-state index contributed by atoms with van der Waals surface area (Å²) in [6.45, 7) is 0.886. The van der Waals surface area contributed by atoms with Crippen LogP contribution in [-0.4, -0.2) is 23.4 Å². The number of amidine groups is 1. The van der Waals surface area contributed by atoms with Crippen LogP contribution in [0.15, 0.2) is 65.8 Å². The maximum atomic E-state index is 4.79. The molecule has 0 aromatic heterocycles. The summed E-state index contributed by atoms with van der Waals surface area (Å²) in [5, 5.41) is 6.91. The molecule has 1 saturated heterocycles. The lowest BCUT2D eigenvalue weighted by Gasteiger charge is -2.24. The third kappa shape index (κ3) is 2.40. The fourth-order valence-electron chi connectivity index (χ4n) is 3.26. The van der Waals surface area contributed by atoms with Crippen LogP contribution in [-0.2, 0) is 6.42 Å². The number of anilines is 1. The zero-order valence-corrected chi connectivity index (χ0v) is 12.0. The monoisotopic (exact) mass is 277 g/mol. The third-order valence-electron chi connectivity index (χ3n) is 4.36. The van der Waals surface area contributed by atoms with E-state index in [4.69, 9.17) is 5.10 Å². The second-order valence-electron chi connectivity index (χ2n) is 5.74. The minimum atomic E-state index is 0.583. The van der Waals surface area contributed by atoms with Gasteiger partial charge in [-0.25, -0.2) is 5.01 Å². The Morgan fingerprint density at radius 1 is 0.952 bits per heavy atom. The highest BCUT2D eigenvalue weighted by atomic mass is 15.6. The molecule has 2 aromatic carbocycles. The summed E-state index contributed by atoms with van der Waals surface area (Å²) in [6.07, 6.45) is 3.43. The smallest absolute Gasteiger partial charge is 0.127 e. The lowest BCUT2D eigenvalue weighted by atomic mass is 10.0. The third-order valence-corrected chi connectivity index (χ3v) is 4.36. The number of para-hydroxylation sites is 1. The normalized spacial score (nSPS) is 20.6. The van der Waals surface area contributed by atoms with E-state index >= 15 is 0 Å². The van der Waals surface area contributed by atoms with Gasteiger partial charge in [-0.05, 0) is 30.5 Å². The van der Waals surface area contributed by atoms with Gasteiger partial charge in [-0.2, -0.15) is 5.10 Å². The summed E-state index contributed by atoms with van der Waals surface area (Å²) in [5.74, 6) is 1.25. The second kappa shape index (κ2) is 5.24. The van der Waals surface area contributed by atoms with Crippen LogP contribution in [0, 0.1) is 0 Å². The molecule has 2 aliphatic rings. The fraction of sp³-hybridized carbons (Fsp3) is 0.278. The van der Waals surface area contributed by atoms with Gasteiger partial charge in [0.25, 0.3) is 0 Å². The van der Waals surface area contributed by atoms with Crippen molar-refractivity contribution < 1.29 is 0 Å². The van der Waals surface area contributed by atoms with E-state index in [-0.39, 0.29) is 0 Å². The van der Waals surface area contributed by atoms with Gasteiger partial charge in [0, 0.05) is 12.5 Å². The molecular formula is C18H19N3. The second-order valence-corrected chi connectivity index (χ2v) is 5.74. The van der Waals surface area contributed by atoms with Gasteiger partial charge in [-0.15, -0.1) is 0 Å². The van der Waals surface area contributed by atoms with Crippen LogP contribution in [0.5, 0.6) is 0 Å². The van der Waals surface area contributed by atoms with E-state index in [0.717, 1.165) is 19.5 Å². The Morgan fingerprint density at radius 3 is 2.43 bits per heavy atom. The topological polar surface area (TPSA) is 18.8 Å². The number of hydrazone groups is 1. The van der Waals surface area contributed by atoms with Gasteiger partial charge in [0.2, 0.25) is 0 Å². The van der Waals surface area contributed by atoms with E-state index in [1.54, 1.807) is 0 Å². The maximum absolute atomic E-state index is 4.79. The first kappa shape index (κ1) is 12.5. The van der Waals surface area contributed by atoms with E-state index in [1.165, 1.54) is 23.5 Å². The van der Waals surface area contributed by atoms with Crippen LogP contribution < -0.4 is 5.01 Å². The van der Waals surface area contributed by atoms with Crippen LogP contribution in [0.1, 0.15) is 18.4 Å². The molecule has 0 bridgehead atoms. The summed E-state index contributed by atoms with van der Waals surface area (Å²) >= 11 is 0. The Balaban J connectivity index is 1.49. The summed E-state index contributed by atoms with van der Waals surface area (Å²) in [4.78, 5) is 2.47. The van der Waals surface area contributed by atoms with E-state index in [2.05, 4.69) is 64.5 Å². The average Bonchev–Trinajstić information content (AvgIpc) is 3.11. The molecule has 3 nitrogen and oxygen atoms in total. The van der Waals surface area contributed by atoms with Crippen molar-refractivity contribution in [1.29, 1.82) is 0 Å². The number of fused-ring (bicyclic) bond motifs is 1. The Kier molecular flexibility index (Phi) is 3.11. The largest absolute Gasteiger partial charge is 0.336 e. The number of nitrogens with zero attached hydrogens (tertiary/aromatic N) is 3.